The normalized spacial score (nSPS) is 15.3. The maximum absolute atomic E-state index is 6.42. The van der Waals surface area contributed by atoms with Crippen molar-refractivity contribution in [2.75, 3.05) is 25.4 Å². The van der Waals surface area contributed by atoms with Crippen LogP contribution >= 0.6 is 21.3 Å². The molecule has 58 heavy (non-hydrogen) atoms. The summed E-state index contributed by atoms with van der Waals surface area (Å²) >= 11 is 6.20. The summed E-state index contributed by atoms with van der Waals surface area (Å²) in [6.07, 6.45) is 4.09. The molecule has 0 radical (unpaired) electrons. The van der Waals surface area contributed by atoms with Crippen LogP contribution in [0.25, 0.3) is 0 Å². The molecule has 1 N–H and O–H groups in total. The first-order chi connectivity index (χ1) is 27.9. The van der Waals surface area contributed by atoms with E-state index in [1.54, 1.807) is 14.2 Å². The third-order valence-electron chi connectivity index (χ3n) is 11.3. The molecule has 5 aromatic rings. The van der Waals surface area contributed by atoms with E-state index in [2.05, 4.69) is 172 Å². The summed E-state index contributed by atoms with van der Waals surface area (Å²) in [5, 5.41) is 4.01. The number of nitrogens with zero attached hydrogens (tertiary/aromatic N) is 1. The topological polar surface area (TPSA) is 33.7 Å². The second-order valence-corrected chi connectivity index (χ2v) is 19.1. The van der Waals surface area contributed by atoms with Crippen LogP contribution in [0.1, 0.15) is 117 Å². The fourth-order valence-corrected chi connectivity index (χ4v) is 10.2. The van der Waals surface area contributed by atoms with Crippen molar-refractivity contribution in [1.82, 2.24) is 4.90 Å². The number of rotatable bonds is 17. The van der Waals surface area contributed by atoms with Gasteiger partial charge in [-0.2, -0.15) is 0 Å². The number of benzene rings is 5. The average Bonchev–Trinajstić information content (AvgIpc) is 3.54. The molecule has 7 heteroatoms. The molecule has 1 atom stereocenters. The van der Waals surface area contributed by atoms with Gasteiger partial charge >= 0.3 is 162 Å². The van der Waals surface area contributed by atoms with Crippen LogP contribution in [-0.4, -0.2) is 35.1 Å². The molecule has 0 saturated carbocycles. The fraction of sp³-hybridized carbons (Fsp3) is 0.392. The number of para-hydroxylation sites is 1. The van der Waals surface area contributed by atoms with E-state index < -0.39 is 0 Å². The molecule has 0 saturated heterocycles. The maximum atomic E-state index is 6.42. The number of hydrogen-bond donors (Lipinski definition) is 1. The Balaban J connectivity index is 0.000000229. The van der Waals surface area contributed by atoms with Crippen molar-refractivity contribution in [1.29, 1.82) is 0 Å². The summed E-state index contributed by atoms with van der Waals surface area (Å²) in [5.41, 5.74) is 12.0. The summed E-state index contributed by atoms with van der Waals surface area (Å²) in [7, 11) is 9.44. The van der Waals surface area contributed by atoms with E-state index in [9.17, 15) is 0 Å². The van der Waals surface area contributed by atoms with Crippen LogP contribution in [0.2, 0.25) is 0 Å². The van der Waals surface area contributed by atoms with Gasteiger partial charge in [-0.25, -0.2) is 0 Å². The summed E-state index contributed by atoms with van der Waals surface area (Å²) in [5.74, 6) is 3.17. The molecule has 1 aliphatic rings. The molecule has 1 aliphatic carbocycles. The second kappa shape index (κ2) is 21.7. The number of nitrogens with one attached hydrogen (secondary N) is 1. The molecular weight excluding hydrogens is 845 g/mol. The number of halogens is 2. The quantitative estimate of drug-likeness (QED) is 0.0745. The van der Waals surface area contributed by atoms with Crippen molar-refractivity contribution in [3.63, 3.8) is 0 Å². The van der Waals surface area contributed by atoms with E-state index in [1.165, 1.54) is 50.2 Å². The van der Waals surface area contributed by atoms with E-state index in [-0.39, 0.29) is 26.6 Å². The summed E-state index contributed by atoms with van der Waals surface area (Å²) in [6.45, 7) is 16.6. The molecule has 0 spiro atoms. The summed E-state index contributed by atoms with van der Waals surface area (Å²) in [4.78, 5) is 2.49. The van der Waals surface area contributed by atoms with Crippen molar-refractivity contribution in [2.24, 2.45) is 0 Å². The first kappa shape index (κ1) is 45.6. The summed E-state index contributed by atoms with van der Waals surface area (Å²) < 4.78 is 13.4. The molecule has 311 valence electrons. The van der Waals surface area contributed by atoms with Crippen molar-refractivity contribution in [2.45, 2.75) is 110 Å². The molecule has 0 aromatic heterocycles. The number of hydrogen-bond acceptors (Lipinski definition) is 4. The Bertz CT molecular complexity index is 2000. The Labute approximate surface area is 365 Å². The van der Waals surface area contributed by atoms with E-state index >= 15 is 0 Å². The molecule has 0 amide bonds. The van der Waals surface area contributed by atoms with Gasteiger partial charge in [0.25, 0.3) is 0 Å². The number of ether oxygens (including phenoxy) is 2. The molecule has 4 nitrogen and oxygen atoms in total. The molecule has 6 rings (SSSR count). The van der Waals surface area contributed by atoms with Crippen molar-refractivity contribution >= 4 is 31.6 Å². The Kier molecular flexibility index (Phi) is 17.1. The van der Waals surface area contributed by atoms with Gasteiger partial charge in [-0.15, -0.1) is 11.6 Å². The number of fused-ring (bicyclic) bond motifs is 1. The van der Waals surface area contributed by atoms with E-state index in [1.807, 2.05) is 0 Å². The van der Waals surface area contributed by atoms with Gasteiger partial charge in [-0.1, -0.05) is 45.9 Å². The number of aryl methyl sites for hydroxylation is 1. The van der Waals surface area contributed by atoms with E-state index in [0.717, 1.165) is 56.8 Å². The zero-order valence-corrected chi connectivity index (χ0v) is 39.0. The van der Waals surface area contributed by atoms with Gasteiger partial charge < -0.3 is 14.8 Å². The van der Waals surface area contributed by atoms with Gasteiger partial charge in [-0.3, -0.25) is 0 Å². The van der Waals surface area contributed by atoms with Crippen LogP contribution in [-0.2, 0) is 47.2 Å². The third-order valence-corrected chi connectivity index (χ3v) is 12.7. The zero-order valence-electron chi connectivity index (χ0n) is 35.7. The van der Waals surface area contributed by atoms with Crippen LogP contribution in [0.3, 0.4) is 0 Å². The zero-order chi connectivity index (χ0) is 41.7. The molecule has 5 aromatic carbocycles. The van der Waals surface area contributed by atoms with Gasteiger partial charge in [0.2, 0.25) is 0 Å². The van der Waals surface area contributed by atoms with E-state index in [0.29, 0.717) is 17.7 Å². The van der Waals surface area contributed by atoms with Crippen molar-refractivity contribution in [3.8, 4) is 11.5 Å². The first-order valence-corrected chi connectivity index (χ1v) is 24.4. The monoisotopic (exact) mass is 907 g/mol. The molecule has 1 unspecified atom stereocenters. The van der Waals surface area contributed by atoms with Gasteiger partial charge in [0.1, 0.15) is 0 Å². The van der Waals surface area contributed by atoms with Gasteiger partial charge in [0.05, 0.1) is 14.2 Å². The Morgan fingerprint density at radius 1 is 0.759 bits per heavy atom. The number of anilines is 1. The van der Waals surface area contributed by atoms with Crippen LogP contribution in [0, 0.1) is 0 Å². The summed E-state index contributed by atoms with van der Waals surface area (Å²) in [6, 6.07) is 41.0. The minimum atomic E-state index is -0.216. The van der Waals surface area contributed by atoms with Crippen LogP contribution < -0.4 is 14.8 Å². The van der Waals surface area contributed by atoms with E-state index in [4.69, 9.17) is 30.8 Å². The van der Waals surface area contributed by atoms with Gasteiger partial charge in [0.15, 0.2) is 11.5 Å². The predicted octanol–water partition coefficient (Wildman–Crippen LogP) is 13.3. The van der Waals surface area contributed by atoms with Crippen molar-refractivity contribution in [3.05, 3.63) is 160 Å². The Hall–Kier alpha value is -3.47. The SMILES string of the molecule is COc1cc2c(cc1OC)C(CCCl)(CC(C)(C)Nc1c(C(C)C)cccc1C(C)C)CC2.[Cl][Ru]=[CH]c1ccccc1CN(Cc1ccccc1)Cc1ccccc1. The molecular formula is C51H63Cl2N2O2Ru. The van der Waals surface area contributed by atoms with Crippen molar-refractivity contribution < 1.29 is 25.2 Å². The van der Waals surface area contributed by atoms with Crippen LogP contribution in [0.5, 0.6) is 11.5 Å². The second-order valence-electron chi connectivity index (χ2n) is 16.9. The molecule has 0 bridgehead atoms. The first-order valence-electron chi connectivity index (χ1n) is 20.6. The van der Waals surface area contributed by atoms with Crippen LogP contribution in [0.4, 0.5) is 5.69 Å². The number of alkyl halides is 1. The van der Waals surface area contributed by atoms with Gasteiger partial charge in [0, 0.05) is 17.1 Å². The fourth-order valence-electron chi connectivity index (χ4n) is 8.68. The average molecular weight is 908 g/mol. The standard InChI is InChI=1S/C29H42ClNO2.C22H21N.ClH.Ru/c1-19(2)22-10-9-11-23(20(3)4)27(22)31-28(5,6)18-29(14-15-30)13-12-21-16-25(32-7)26(33-8)17-24(21)29;1-19-10-8-9-15-22(19)18-23(16-20-11-4-2-5-12-20)17-21-13-6-3-7-14-21;;/h9-11,16-17,19-20,31H,12-15,18H2,1-8H3;1-15H,16-18H2;1H;/q;;;+1/p-1. The van der Waals surface area contributed by atoms with Gasteiger partial charge in [-0.05, 0) is 91.2 Å². The predicted molar refractivity (Wildman–Crippen MR) is 245 cm³/mol. The minimum absolute atomic E-state index is 0.0118. The molecule has 0 heterocycles. The number of methoxy groups -OCH3 is 2. The molecule has 0 aliphatic heterocycles. The van der Waals surface area contributed by atoms with Crippen LogP contribution in [0.15, 0.2) is 115 Å². The third kappa shape index (κ3) is 12.1. The molecule has 0 fully saturated rings. The Morgan fingerprint density at radius 3 is 1.84 bits per heavy atom. The Morgan fingerprint density at radius 2 is 1.31 bits per heavy atom.